The van der Waals surface area contributed by atoms with Gasteiger partial charge in [0.2, 0.25) is 5.95 Å². The first kappa shape index (κ1) is 23.1. The third-order valence-corrected chi connectivity index (χ3v) is 8.42. The predicted molar refractivity (Wildman–Crippen MR) is 136 cm³/mol. The maximum atomic E-state index is 13.9. The number of anilines is 1. The second-order valence-electron chi connectivity index (χ2n) is 10.7. The van der Waals surface area contributed by atoms with Crippen LogP contribution in [0.2, 0.25) is 0 Å². The molecule has 2 aliphatic carbocycles. The molecule has 6 rings (SSSR count). The van der Waals surface area contributed by atoms with Gasteiger partial charge in [0.1, 0.15) is 11.5 Å². The second kappa shape index (κ2) is 9.30. The fraction of sp³-hybridized carbons (Fsp3) is 0.500. The van der Waals surface area contributed by atoms with E-state index in [1.807, 2.05) is 12.3 Å². The molecular formula is C28H32FN5O2. The molecule has 0 atom stereocenters. The van der Waals surface area contributed by atoms with Gasteiger partial charge in [-0.1, -0.05) is 31.4 Å². The standard InChI is InChI=1S/C28H32FN5O2/c29-22-7-3-2-6-21(22)26(36)31-19-8-10-20(11-9-19)32-27-30-17-18-16-23-24(35)12-15-28(13-4-1-5-14-28)34(23)25(18)33-27/h2-3,6-7,16-17,19-20H,1,4-5,8-15H2,(H,31,36)(H,30,32,33). The normalized spacial score (nSPS) is 23.4. The van der Waals surface area contributed by atoms with Gasteiger partial charge in [0.05, 0.1) is 11.3 Å². The van der Waals surface area contributed by atoms with Gasteiger partial charge in [-0.2, -0.15) is 4.98 Å². The van der Waals surface area contributed by atoms with Crippen molar-refractivity contribution in [1.82, 2.24) is 19.9 Å². The molecule has 188 valence electrons. The average Bonchev–Trinajstić information content (AvgIpc) is 3.29. The molecule has 1 aromatic carbocycles. The molecule has 1 spiro atoms. The molecule has 3 aromatic rings. The summed E-state index contributed by atoms with van der Waals surface area (Å²) in [5.74, 6) is -0.0645. The SMILES string of the molecule is O=C(NC1CCC(Nc2ncc3cc4n(c3n2)C2(CCCCC2)CCC4=O)CC1)c1ccccc1F. The van der Waals surface area contributed by atoms with E-state index >= 15 is 0 Å². The maximum Gasteiger partial charge on any atom is 0.254 e. The molecule has 2 fully saturated rings. The van der Waals surface area contributed by atoms with Crippen molar-refractivity contribution in [2.24, 2.45) is 0 Å². The molecule has 2 saturated carbocycles. The molecule has 7 nitrogen and oxygen atoms in total. The summed E-state index contributed by atoms with van der Waals surface area (Å²) in [5, 5.41) is 7.40. The summed E-state index contributed by atoms with van der Waals surface area (Å²) in [5.41, 5.74) is 1.74. The Kier molecular flexibility index (Phi) is 5.97. The maximum absolute atomic E-state index is 13.9. The van der Waals surface area contributed by atoms with Crippen molar-refractivity contribution in [3.8, 4) is 0 Å². The molecule has 2 aromatic heterocycles. The zero-order valence-corrected chi connectivity index (χ0v) is 20.4. The highest BCUT2D eigenvalue weighted by atomic mass is 19.1. The van der Waals surface area contributed by atoms with Crippen LogP contribution in [0.25, 0.3) is 11.0 Å². The van der Waals surface area contributed by atoms with Gasteiger partial charge < -0.3 is 15.2 Å². The Bertz CT molecular complexity index is 1300. The third-order valence-electron chi connectivity index (χ3n) is 8.42. The van der Waals surface area contributed by atoms with E-state index in [2.05, 4.69) is 20.2 Å². The van der Waals surface area contributed by atoms with Crippen molar-refractivity contribution in [3.63, 3.8) is 0 Å². The van der Waals surface area contributed by atoms with Gasteiger partial charge in [0.25, 0.3) is 5.91 Å². The number of halogens is 1. The van der Waals surface area contributed by atoms with Crippen LogP contribution in [0.1, 0.15) is 91.5 Å². The zero-order valence-electron chi connectivity index (χ0n) is 20.4. The van der Waals surface area contributed by atoms with E-state index in [0.29, 0.717) is 12.4 Å². The highest BCUT2D eigenvalue weighted by molar-refractivity contribution is 6.00. The molecule has 3 heterocycles. The van der Waals surface area contributed by atoms with Crippen LogP contribution in [0.3, 0.4) is 0 Å². The Morgan fingerprint density at radius 3 is 2.56 bits per heavy atom. The first-order chi connectivity index (χ1) is 17.5. The lowest BCUT2D eigenvalue weighted by molar-refractivity contribution is 0.0851. The Morgan fingerprint density at radius 1 is 1.03 bits per heavy atom. The first-order valence-corrected chi connectivity index (χ1v) is 13.3. The highest BCUT2D eigenvalue weighted by Gasteiger charge is 2.41. The molecule has 0 radical (unpaired) electrons. The monoisotopic (exact) mass is 489 g/mol. The molecule has 1 aliphatic heterocycles. The van der Waals surface area contributed by atoms with E-state index in [4.69, 9.17) is 4.98 Å². The Balaban J connectivity index is 1.15. The molecule has 0 unspecified atom stereocenters. The van der Waals surface area contributed by atoms with Gasteiger partial charge in [0, 0.05) is 35.6 Å². The van der Waals surface area contributed by atoms with Gasteiger partial charge in [-0.3, -0.25) is 9.59 Å². The first-order valence-electron chi connectivity index (χ1n) is 13.3. The van der Waals surface area contributed by atoms with Crippen LogP contribution in [0.5, 0.6) is 0 Å². The van der Waals surface area contributed by atoms with Crippen LogP contribution in [0.4, 0.5) is 10.3 Å². The Labute approximate surface area is 209 Å². The predicted octanol–water partition coefficient (Wildman–Crippen LogP) is 5.36. The Morgan fingerprint density at radius 2 is 1.78 bits per heavy atom. The number of carbonyl (C=O) groups excluding carboxylic acids is 2. The zero-order chi connectivity index (χ0) is 24.7. The van der Waals surface area contributed by atoms with Crippen LogP contribution in [0.15, 0.2) is 36.5 Å². The van der Waals surface area contributed by atoms with Crippen LogP contribution in [-0.4, -0.2) is 38.3 Å². The summed E-state index contributed by atoms with van der Waals surface area (Å²) in [6.07, 6.45) is 12.5. The molecule has 3 aliphatic rings. The van der Waals surface area contributed by atoms with E-state index < -0.39 is 5.82 Å². The van der Waals surface area contributed by atoms with Crippen molar-refractivity contribution in [2.45, 2.75) is 88.3 Å². The van der Waals surface area contributed by atoms with Crippen molar-refractivity contribution in [3.05, 3.63) is 53.6 Å². The van der Waals surface area contributed by atoms with Crippen molar-refractivity contribution in [2.75, 3.05) is 5.32 Å². The molecule has 8 heteroatoms. The molecule has 0 saturated heterocycles. The highest BCUT2D eigenvalue weighted by Crippen LogP contribution is 2.45. The minimum atomic E-state index is -0.498. The summed E-state index contributed by atoms with van der Waals surface area (Å²) < 4.78 is 16.2. The minimum absolute atomic E-state index is 0.00333. The summed E-state index contributed by atoms with van der Waals surface area (Å²) >= 11 is 0. The van der Waals surface area contributed by atoms with Gasteiger partial charge in [-0.15, -0.1) is 0 Å². The number of nitrogens with zero attached hydrogens (tertiary/aromatic N) is 3. The number of carbonyl (C=O) groups is 2. The topological polar surface area (TPSA) is 88.9 Å². The largest absolute Gasteiger partial charge is 0.351 e. The number of Topliss-reactive ketones (excluding diaryl/α,β-unsaturated/α-hetero) is 1. The van der Waals surface area contributed by atoms with Crippen molar-refractivity contribution < 1.29 is 14.0 Å². The second-order valence-corrected chi connectivity index (χ2v) is 10.7. The molecular weight excluding hydrogens is 457 g/mol. The summed E-state index contributed by atoms with van der Waals surface area (Å²) in [6.45, 7) is 0. The lowest BCUT2D eigenvalue weighted by Crippen LogP contribution is -2.41. The molecule has 0 bridgehead atoms. The van der Waals surface area contributed by atoms with Crippen LogP contribution >= 0.6 is 0 Å². The van der Waals surface area contributed by atoms with E-state index in [9.17, 15) is 14.0 Å². The number of aromatic nitrogens is 3. The molecule has 36 heavy (non-hydrogen) atoms. The third kappa shape index (κ3) is 4.16. The quantitative estimate of drug-likeness (QED) is 0.515. The van der Waals surface area contributed by atoms with Gasteiger partial charge in [-0.25, -0.2) is 9.37 Å². The van der Waals surface area contributed by atoms with E-state index in [1.54, 1.807) is 12.1 Å². The van der Waals surface area contributed by atoms with Gasteiger partial charge in [-0.05, 0) is 63.1 Å². The number of benzene rings is 1. The van der Waals surface area contributed by atoms with Crippen molar-refractivity contribution in [1.29, 1.82) is 0 Å². The van der Waals surface area contributed by atoms with E-state index in [1.165, 1.54) is 31.4 Å². The molecule has 1 amide bonds. The fourth-order valence-corrected chi connectivity index (χ4v) is 6.49. The van der Waals surface area contributed by atoms with Crippen LogP contribution in [-0.2, 0) is 5.54 Å². The number of fused-ring (bicyclic) bond motifs is 4. The fourth-order valence-electron chi connectivity index (χ4n) is 6.49. The van der Waals surface area contributed by atoms with Gasteiger partial charge >= 0.3 is 0 Å². The number of rotatable bonds is 4. The number of hydrogen-bond donors (Lipinski definition) is 2. The summed E-state index contributed by atoms with van der Waals surface area (Å²) in [7, 11) is 0. The molecule has 2 N–H and O–H groups in total. The van der Waals surface area contributed by atoms with E-state index in [0.717, 1.165) is 61.7 Å². The van der Waals surface area contributed by atoms with E-state index in [-0.39, 0.29) is 34.9 Å². The lowest BCUT2D eigenvalue weighted by Gasteiger charge is -2.42. The summed E-state index contributed by atoms with van der Waals surface area (Å²) in [4.78, 5) is 34.7. The van der Waals surface area contributed by atoms with Crippen molar-refractivity contribution >= 4 is 28.7 Å². The van der Waals surface area contributed by atoms with Crippen LogP contribution < -0.4 is 10.6 Å². The average molecular weight is 490 g/mol. The number of nitrogens with one attached hydrogen (secondary N) is 2. The number of amides is 1. The summed E-state index contributed by atoms with van der Waals surface area (Å²) in [6, 6.07) is 8.26. The van der Waals surface area contributed by atoms with Crippen LogP contribution in [0, 0.1) is 5.82 Å². The number of hydrogen-bond acceptors (Lipinski definition) is 5. The van der Waals surface area contributed by atoms with Gasteiger partial charge in [0.15, 0.2) is 5.78 Å². The minimum Gasteiger partial charge on any atom is -0.351 e. The Hall–Kier alpha value is -3.29. The smallest absolute Gasteiger partial charge is 0.254 e. The lowest BCUT2D eigenvalue weighted by atomic mass is 9.75. The number of ketones is 1.